The fraction of sp³-hybridized carbons (Fsp3) is 0.350. The standard InChI is InChI=1S/C20H23N5O2/c1-14-17-18(21)22-9-11-25(17)19(23-14)16-8-5-10-24(12-16)20(26)27-13-15-6-3-2-4-7-15/h2-4,6-7,9,11,16H,5,8,10,12-13H2,1H3,(H2,21,22). The smallest absolute Gasteiger partial charge is 0.410 e. The molecule has 7 nitrogen and oxygen atoms in total. The van der Waals surface area contributed by atoms with E-state index in [1.165, 1.54) is 0 Å². The van der Waals surface area contributed by atoms with Crippen LogP contribution in [0.15, 0.2) is 42.7 Å². The number of hydrogen-bond donors (Lipinski definition) is 1. The number of nitrogen functional groups attached to an aromatic ring is 1. The van der Waals surface area contributed by atoms with Crippen LogP contribution in [0.25, 0.3) is 5.52 Å². The van der Waals surface area contributed by atoms with E-state index in [-0.39, 0.29) is 18.6 Å². The molecule has 1 amide bonds. The second kappa shape index (κ2) is 7.26. The molecule has 1 unspecified atom stereocenters. The van der Waals surface area contributed by atoms with Crippen LogP contribution in [0.1, 0.15) is 35.8 Å². The molecule has 140 valence electrons. The van der Waals surface area contributed by atoms with Gasteiger partial charge in [0.05, 0.1) is 5.69 Å². The van der Waals surface area contributed by atoms with E-state index < -0.39 is 0 Å². The topological polar surface area (TPSA) is 85.8 Å². The zero-order valence-electron chi connectivity index (χ0n) is 15.3. The lowest BCUT2D eigenvalue weighted by Gasteiger charge is -2.31. The Hall–Kier alpha value is -3.09. The Bertz CT molecular complexity index is 954. The Morgan fingerprint density at radius 3 is 2.96 bits per heavy atom. The summed E-state index contributed by atoms with van der Waals surface area (Å²) in [6, 6.07) is 9.72. The molecule has 0 radical (unpaired) electrons. The van der Waals surface area contributed by atoms with Crippen molar-refractivity contribution in [3.8, 4) is 0 Å². The maximum atomic E-state index is 12.5. The first-order valence-corrected chi connectivity index (χ1v) is 9.18. The monoisotopic (exact) mass is 365 g/mol. The van der Waals surface area contributed by atoms with E-state index >= 15 is 0 Å². The normalized spacial score (nSPS) is 17.2. The number of carbonyl (C=O) groups excluding carboxylic acids is 1. The molecule has 1 aromatic carbocycles. The lowest BCUT2D eigenvalue weighted by atomic mass is 9.97. The number of amides is 1. The lowest BCUT2D eigenvalue weighted by Crippen LogP contribution is -2.39. The molecule has 2 N–H and O–H groups in total. The fourth-order valence-corrected chi connectivity index (χ4v) is 3.72. The molecule has 1 aliphatic rings. The number of ether oxygens (including phenoxy) is 1. The molecule has 1 saturated heterocycles. The number of piperidine rings is 1. The molecule has 0 aliphatic carbocycles. The second-order valence-electron chi connectivity index (χ2n) is 6.91. The predicted molar refractivity (Wildman–Crippen MR) is 102 cm³/mol. The molecule has 3 heterocycles. The molecule has 4 rings (SSSR count). The number of nitrogens with zero attached hydrogens (tertiary/aromatic N) is 4. The summed E-state index contributed by atoms with van der Waals surface area (Å²) < 4.78 is 7.49. The van der Waals surface area contributed by atoms with Gasteiger partial charge in [-0.1, -0.05) is 30.3 Å². The van der Waals surface area contributed by atoms with Crippen LogP contribution in [0.5, 0.6) is 0 Å². The SMILES string of the molecule is Cc1nc(C2CCCN(C(=O)OCc3ccccc3)C2)n2ccnc(N)c12. The summed E-state index contributed by atoms with van der Waals surface area (Å²) in [5.74, 6) is 1.55. The van der Waals surface area contributed by atoms with Gasteiger partial charge in [0.1, 0.15) is 23.8 Å². The van der Waals surface area contributed by atoms with Crippen LogP contribution >= 0.6 is 0 Å². The van der Waals surface area contributed by atoms with Gasteiger partial charge in [-0.15, -0.1) is 0 Å². The van der Waals surface area contributed by atoms with Crippen LogP contribution < -0.4 is 5.73 Å². The third kappa shape index (κ3) is 3.45. The van der Waals surface area contributed by atoms with Gasteiger partial charge in [0.2, 0.25) is 0 Å². The molecule has 1 aliphatic heterocycles. The number of benzene rings is 1. The van der Waals surface area contributed by atoms with Gasteiger partial charge in [0.25, 0.3) is 0 Å². The maximum Gasteiger partial charge on any atom is 0.410 e. The Morgan fingerprint density at radius 2 is 2.15 bits per heavy atom. The highest BCUT2D eigenvalue weighted by atomic mass is 16.6. The fourth-order valence-electron chi connectivity index (χ4n) is 3.72. The number of likely N-dealkylation sites (tertiary alicyclic amines) is 1. The molecule has 0 saturated carbocycles. The number of anilines is 1. The van der Waals surface area contributed by atoms with Crippen LogP contribution in [-0.4, -0.2) is 38.5 Å². The molecule has 27 heavy (non-hydrogen) atoms. The first kappa shape index (κ1) is 17.3. The molecule has 1 fully saturated rings. The Balaban J connectivity index is 1.48. The minimum absolute atomic E-state index is 0.144. The van der Waals surface area contributed by atoms with Crippen LogP contribution in [0, 0.1) is 6.92 Å². The van der Waals surface area contributed by atoms with Crippen molar-refractivity contribution in [2.24, 2.45) is 0 Å². The van der Waals surface area contributed by atoms with E-state index in [4.69, 9.17) is 15.5 Å². The lowest BCUT2D eigenvalue weighted by molar-refractivity contribution is 0.0853. The van der Waals surface area contributed by atoms with Gasteiger partial charge in [0, 0.05) is 31.4 Å². The van der Waals surface area contributed by atoms with Gasteiger partial charge in [-0.3, -0.25) is 4.40 Å². The highest BCUT2D eigenvalue weighted by Crippen LogP contribution is 2.29. The number of fused-ring (bicyclic) bond motifs is 1. The number of aryl methyl sites for hydroxylation is 1. The third-order valence-corrected chi connectivity index (χ3v) is 5.03. The van der Waals surface area contributed by atoms with Crippen LogP contribution in [0.3, 0.4) is 0 Å². The van der Waals surface area contributed by atoms with E-state index in [0.717, 1.165) is 35.4 Å². The quantitative estimate of drug-likeness (QED) is 0.771. The van der Waals surface area contributed by atoms with Crippen molar-refractivity contribution in [2.75, 3.05) is 18.8 Å². The number of aromatic nitrogens is 3. The number of imidazole rings is 1. The third-order valence-electron chi connectivity index (χ3n) is 5.03. The van der Waals surface area contributed by atoms with E-state index in [2.05, 4.69) is 4.98 Å². The first-order valence-electron chi connectivity index (χ1n) is 9.18. The molecule has 0 bridgehead atoms. The molecule has 7 heteroatoms. The summed E-state index contributed by atoms with van der Waals surface area (Å²) >= 11 is 0. The minimum Gasteiger partial charge on any atom is -0.445 e. The van der Waals surface area contributed by atoms with Crippen molar-refractivity contribution in [2.45, 2.75) is 32.3 Å². The zero-order valence-corrected chi connectivity index (χ0v) is 15.3. The van der Waals surface area contributed by atoms with Crippen molar-refractivity contribution in [1.29, 1.82) is 0 Å². The Morgan fingerprint density at radius 1 is 1.33 bits per heavy atom. The van der Waals surface area contributed by atoms with Crippen molar-refractivity contribution in [3.05, 3.63) is 59.8 Å². The highest BCUT2D eigenvalue weighted by molar-refractivity contribution is 5.69. The van der Waals surface area contributed by atoms with Gasteiger partial charge in [-0.25, -0.2) is 14.8 Å². The summed E-state index contributed by atoms with van der Waals surface area (Å²) in [5, 5.41) is 0. The van der Waals surface area contributed by atoms with Crippen molar-refractivity contribution >= 4 is 17.4 Å². The maximum absolute atomic E-state index is 12.5. The molecular weight excluding hydrogens is 342 g/mol. The summed E-state index contributed by atoms with van der Waals surface area (Å²) in [6.07, 6.45) is 5.18. The largest absolute Gasteiger partial charge is 0.445 e. The van der Waals surface area contributed by atoms with E-state index in [0.29, 0.717) is 18.9 Å². The van der Waals surface area contributed by atoms with E-state index in [1.54, 1.807) is 11.1 Å². The summed E-state index contributed by atoms with van der Waals surface area (Å²) in [5.41, 5.74) is 8.70. The zero-order chi connectivity index (χ0) is 18.8. The summed E-state index contributed by atoms with van der Waals surface area (Å²) in [7, 11) is 0. The summed E-state index contributed by atoms with van der Waals surface area (Å²) in [6.45, 7) is 3.52. The van der Waals surface area contributed by atoms with Gasteiger partial charge < -0.3 is 15.4 Å². The van der Waals surface area contributed by atoms with E-state index in [1.807, 2.05) is 47.9 Å². The van der Waals surface area contributed by atoms with Crippen LogP contribution in [0.2, 0.25) is 0 Å². The average Bonchev–Trinajstić information content (AvgIpc) is 3.05. The van der Waals surface area contributed by atoms with Gasteiger partial charge in [-0.2, -0.15) is 0 Å². The predicted octanol–water partition coefficient (Wildman–Crippen LogP) is 3.14. The van der Waals surface area contributed by atoms with Crippen LogP contribution in [-0.2, 0) is 11.3 Å². The molecular formula is C20H23N5O2. The molecule has 1 atom stereocenters. The average molecular weight is 365 g/mol. The molecule has 2 aromatic heterocycles. The number of rotatable bonds is 3. The Kier molecular flexibility index (Phi) is 4.66. The number of carbonyl (C=O) groups is 1. The molecule has 0 spiro atoms. The van der Waals surface area contributed by atoms with Crippen LogP contribution in [0.4, 0.5) is 10.6 Å². The summed E-state index contributed by atoms with van der Waals surface area (Å²) in [4.78, 5) is 23.2. The number of hydrogen-bond acceptors (Lipinski definition) is 5. The van der Waals surface area contributed by atoms with Crippen molar-refractivity contribution in [3.63, 3.8) is 0 Å². The second-order valence-corrected chi connectivity index (χ2v) is 6.91. The minimum atomic E-state index is -0.276. The highest BCUT2D eigenvalue weighted by Gasteiger charge is 2.29. The van der Waals surface area contributed by atoms with Crippen molar-refractivity contribution < 1.29 is 9.53 Å². The molecule has 3 aromatic rings. The first-order chi connectivity index (χ1) is 13.1. The van der Waals surface area contributed by atoms with E-state index in [9.17, 15) is 4.79 Å². The van der Waals surface area contributed by atoms with Gasteiger partial charge in [0.15, 0.2) is 0 Å². The van der Waals surface area contributed by atoms with Gasteiger partial charge in [-0.05, 0) is 25.3 Å². The number of nitrogens with two attached hydrogens (primary N) is 1. The van der Waals surface area contributed by atoms with Crippen molar-refractivity contribution in [1.82, 2.24) is 19.3 Å². The van der Waals surface area contributed by atoms with Gasteiger partial charge >= 0.3 is 6.09 Å². The Labute approximate surface area is 157 Å².